The number of carbonyl (C=O) groups is 1. The molecule has 1 atom stereocenters. The highest BCUT2D eigenvalue weighted by Crippen LogP contribution is 2.27. The molecule has 1 amide bonds. The Morgan fingerprint density at radius 2 is 1.80 bits per heavy atom. The van der Waals surface area contributed by atoms with Gasteiger partial charge in [0.2, 0.25) is 5.91 Å². The molecule has 0 aliphatic carbocycles. The van der Waals surface area contributed by atoms with E-state index >= 15 is 0 Å². The molecule has 132 valence electrons. The summed E-state index contributed by atoms with van der Waals surface area (Å²) in [6.07, 6.45) is 1.93. The number of piperidine rings is 1. The third kappa shape index (κ3) is 4.97. The van der Waals surface area contributed by atoms with Gasteiger partial charge in [-0.2, -0.15) is 0 Å². The van der Waals surface area contributed by atoms with Gasteiger partial charge in [-0.1, -0.05) is 59.6 Å². The second kappa shape index (κ2) is 8.70. The van der Waals surface area contributed by atoms with E-state index in [0.29, 0.717) is 23.1 Å². The Morgan fingerprint density at radius 3 is 2.52 bits per heavy atom. The maximum Gasteiger partial charge on any atom is 0.224 e. The Kier molecular flexibility index (Phi) is 6.35. The predicted molar refractivity (Wildman–Crippen MR) is 103 cm³/mol. The molecular weight excluding hydrogens is 355 g/mol. The van der Waals surface area contributed by atoms with Gasteiger partial charge in [-0.05, 0) is 37.1 Å². The molecule has 1 aliphatic rings. The molecule has 0 spiro atoms. The van der Waals surface area contributed by atoms with Crippen molar-refractivity contribution in [3.8, 4) is 0 Å². The first-order valence-electron chi connectivity index (χ1n) is 8.60. The molecule has 1 fully saturated rings. The molecule has 0 aromatic heterocycles. The highest BCUT2D eigenvalue weighted by Gasteiger charge is 2.26. The first kappa shape index (κ1) is 18.2. The zero-order valence-electron chi connectivity index (χ0n) is 14.1. The van der Waals surface area contributed by atoms with E-state index in [-0.39, 0.29) is 11.8 Å². The van der Waals surface area contributed by atoms with Crippen molar-refractivity contribution >= 4 is 29.1 Å². The summed E-state index contributed by atoms with van der Waals surface area (Å²) in [5.41, 5.74) is 2.06. The second-order valence-electron chi connectivity index (χ2n) is 6.48. The summed E-state index contributed by atoms with van der Waals surface area (Å²) in [7, 11) is 0. The maximum atomic E-state index is 12.5. The zero-order chi connectivity index (χ0) is 17.6. The molecule has 1 heterocycles. The van der Waals surface area contributed by atoms with Crippen molar-refractivity contribution in [2.45, 2.75) is 25.9 Å². The van der Waals surface area contributed by atoms with Crippen LogP contribution in [0.25, 0.3) is 0 Å². The average molecular weight is 377 g/mol. The van der Waals surface area contributed by atoms with Crippen LogP contribution in [0, 0.1) is 5.92 Å². The molecule has 0 bridgehead atoms. The third-order valence-corrected chi connectivity index (χ3v) is 5.34. The van der Waals surface area contributed by atoms with Gasteiger partial charge in [0.25, 0.3) is 0 Å². The Hall–Kier alpha value is -1.55. The summed E-state index contributed by atoms with van der Waals surface area (Å²) in [5, 5.41) is 4.43. The van der Waals surface area contributed by atoms with Gasteiger partial charge in [-0.25, -0.2) is 0 Å². The van der Waals surface area contributed by atoms with E-state index in [4.69, 9.17) is 23.2 Å². The maximum absolute atomic E-state index is 12.5. The Labute approximate surface area is 158 Å². The lowest BCUT2D eigenvalue weighted by molar-refractivity contribution is -0.126. The minimum absolute atomic E-state index is 0.0127. The summed E-state index contributed by atoms with van der Waals surface area (Å²) in [6, 6.07) is 15.6. The van der Waals surface area contributed by atoms with Crippen LogP contribution in [0.15, 0.2) is 48.5 Å². The minimum Gasteiger partial charge on any atom is -0.352 e. The van der Waals surface area contributed by atoms with Crippen molar-refractivity contribution < 1.29 is 4.79 Å². The SMILES string of the molecule is O=C(NCc1ccccc1)[C@H]1CCCN(Cc2c(Cl)cccc2Cl)C1. The summed E-state index contributed by atoms with van der Waals surface area (Å²) in [4.78, 5) is 14.8. The van der Waals surface area contributed by atoms with Crippen LogP contribution >= 0.6 is 23.2 Å². The number of nitrogens with one attached hydrogen (secondary N) is 1. The Bertz CT molecular complexity index is 701. The lowest BCUT2D eigenvalue weighted by atomic mass is 9.96. The van der Waals surface area contributed by atoms with Crippen molar-refractivity contribution in [2.75, 3.05) is 13.1 Å². The van der Waals surface area contributed by atoms with Gasteiger partial charge in [0.15, 0.2) is 0 Å². The van der Waals surface area contributed by atoms with Crippen molar-refractivity contribution in [1.29, 1.82) is 0 Å². The molecule has 1 N–H and O–H groups in total. The number of likely N-dealkylation sites (tertiary alicyclic amines) is 1. The van der Waals surface area contributed by atoms with Crippen LogP contribution in [0.3, 0.4) is 0 Å². The van der Waals surface area contributed by atoms with Crippen LogP contribution in [-0.4, -0.2) is 23.9 Å². The molecule has 25 heavy (non-hydrogen) atoms. The molecule has 3 nitrogen and oxygen atoms in total. The first-order valence-corrected chi connectivity index (χ1v) is 9.36. The number of carbonyl (C=O) groups excluding carboxylic acids is 1. The van der Waals surface area contributed by atoms with Gasteiger partial charge in [0.1, 0.15) is 0 Å². The van der Waals surface area contributed by atoms with E-state index < -0.39 is 0 Å². The average Bonchev–Trinajstić information content (AvgIpc) is 2.64. The molecule has 1 aliphatic heterocycles. The fourth-order valence-corrected chi connectivity index (χ4v) is 3.77. The Morgan fingerprint density at radius 1 is 1.08 bits per heavy atom. The molecule has 5 heteroatoms. The number of benzene rings is 2. The smallest absolute Gasteiger partial charge is 0.224 e. The molecule has 2 aromatic rings. The van der Waals surface area contributed by atoms with Crippen LogP contribution in [-0.2, 0) is 17.9 Å². The van der Waals surface area contributed by atoms with Crippen molar-refractivity contribution in [3.63, 3.8) is 0 Å². The van der Waals surface area contributed by atoms with Crippen LogP contribution in [0.2, 0.25) is 10.0 Å². The molecule has 0 radical (unpaired) electrons. The van der Waals surface area contributed by atoms with Crippen LogP contribution in [0.1, 0.15) is 24.0 Å². The second-order valence-corrected chi connectivity index (χ2v) is 7.29. The van der Waals surface area contributed by atoms with E-state index in [2.05, 4.69) is 10.2 Å². The van der Waals surface area contributed by atoms with Gasteiger partial charge in [0.05, 0.1) is 5.92 Å². The summed E-state index contributed by atoms with van der Waals surface area (Å²) < 4.78 is 0. The molecule has 0 saturated carbocycles. The number of halogens is 2. The fourth-order valence-electron chi connectivity index (χ4n) is 3.25. The summed E-state index contributed by atoms with van der Waals surface area (Å²) in [6.45, 7) is 2.96. The van der Waals surface area contributed by atoms with E-state index in [1.165, 1.54) is 0 Å². The third-order valence-electron chi connectivity index (χ3n) is 4.63. The lowest BCUT2D eigenvalue weighted by Gasteiger charge is -2.32. The number of hydrogen-bond acceptors (Lipinski definition) is 2. The molecular formula is C20H22Cl2N2O. The van der Waals surface area contributed by atoms with Crippen LogP contribution in [0.4, 0.5) is 0 Å². The number of hydrogen-bond donors (Lipinski definition) is 1. The van der Waals surface area contributed by atoms with E-state index in [1.54, 1.807) is 0 Å². The quantitative estimate of drug-likeness (QED) is 0.831. The van der Waals surface area contributed by atoms with E-state index in [1.807, 2.05) is 48.5 Å². The number of nitrogens with zero attached hydrogens (tertiary/aromatic N) is 1. The topological polar surface area (TPSA) is 32.3 Å². The van der Waals surface area contributed by atoms with Gasteiger partial charge < -0.3 is 5.32 Å². The fraction of sp³-hybridized carbons (Fsp3) is 0.350. The lowest BCUT2D eigenvalue weighted by Crippen LogP contribution is -2.42. The van der Waals surface area contributed by atoms with E-state index in [0.717, 1.165) is 37.1 Å². The normalized spacial score (nSPS) is 18.1. The standard InChI is InChI=1S/C20H22Cl2N2O/c21-18-9-4-10-19(22)17(18)14-24-11-5-8-16(13-24)20(25)23-12-15-6-2-1-3-7-15/h1-4,6-7,9-10,16H,5,8,11-14H2,(H,23,25)/t16-/m0/s1. The zero-order valence-corrected chi connectivity index (χ0v) is 15.6. The van der Waals surface area contributed by atoms with Crippen molar-refractivity contribution in [3.05, 3.63) is 69.7 Å². The molecule has 1 saturated heterocycles. The number of amides is 1. The monoisotopic (exact) mass is 376 g/mol. The highest BCUT2D eigenvalue weighted by molar-refractivity contribution is 6.35. The van der Waals surface area contributed by atoms with Gasteiger partial charge in [0, 0.05) is 35.2 Å². The summed E-state index contributed by atoms with van der Waals surface area (Å²) >= 11 is 12.5. The van der Waals surface area contributed by atoms with Crippen molar-refractivity contribution in [1.82, 2.24) is 10.2 Å². The number of rotatable bonds is 5. The minimum atomic E-state index is 0.0127. The van der Waals surface area contributed by atoms with Gasteiger partial charge in [-0.3, -0.25) is 9.69 Å². The first-order chi connectivity index (χ1) is 12.1. The largest absolute Gasteiger partial charge is 0.352 e. The summed E-state index contributed by atoms with van der Waals surface area (Å²) in [5.74, 6) is 0.137. The van der Waals surface area contributed by atoms with Crippen LogP contribution < -0.4 is 5.32 Å². The van der Waals surface area contributed by atoms with Gasteiger partial charge in [-0.15, -0.1) is 0 Å². The van der Waals surface area contributed by atoms with E-state index in [9.17, 15) is 4.79 Å². The highest BCUT2D eigenvalue weighted by atomic mass is 35.5. The molecule has 3 rings (SSSR count). The molecule has 2 aromatic carbocycles. The predicted octanol–water partition coefficient (Wildman–Crippen LogP) is 4.52. The van der Waals surface area contributed by atoms with Crippen LogP contribution in [0.5, 0.6) is 0 Å². The van der Waals surface area contributed by atoms with Crippen molar-refractivity contribution in [2.24, 2.45) is 5.92 Å². The Balaban J connectivity index is 1.56. The van der Waals surface area contributed by atoms with Gasteiger partial charge >= 0.3 is 0 Å². The molecule has 0 unspecified atom stereocenters.